The monoisotopic (exact) mass is 206 g/mol. The van der Waals surface area contributed by atoms with Crippen LogP contribution in [0.15, 0.2) is 35.5 Å². The Morgan fingerprint density at radius 3 is 1.40 bits per heavy atom. The minimum Gasteiger partial charge on any atom is -0.373 e. The smallest absolute Gasteiger partial charge is 0.193 e. The van der Waals surface area contributed by atoms with Gasteiger partial charge in [0, 0.05) is 11.1 Å². The first-order chi connectivity index (χ1) is 7.02. The molecule has 0 aromatic heterocycles. The Kier molecular flexibility index (Phi) is 5.78. The van der Waals surface area contributed by atoms with Crippen molar-refractivity contribution in [2.75, 3.05) is 21.1 Å². The van der Waals surface area contributed by atoms with Crippen LogP contribution in [-0.2, 0) is 4.79 Å². The highest BCUT2D eigenvalue weighted by Crippen LogP contribution is 2.23. The van der Waals surface area contributed by atoms with E-state index < -0.39 is 0 Å². The van der Waals surface area contributed by atoms with Crippen LogP contribution in [0, 0.1) is 0 Å². The van der Waals surface area contributed by atoms with Crippen LogP contribution in [0.3, 0.4) is 0 Å². The minimum absolute atomic E-state index is 0.185. The van der Waals surface area contributed by atoms with Gasteiger partial charge in [0.25, 0.3) is 0 Å². The first-order valence-corrected chi connectivity index (χ1v) is 4.43. The largest absolute Gasteiger partial charge is 0.373 e. The lowest BCUT2D eigenvalue weighted by atomic mass is 10.2. The summed E-state index contributed by atoms with van der Waals surface area (Å²) in [5.74, 6) is 0.185. The summed E-state index contributed by atoms with van der Waals surface area (Å²) in [4.78, 5) is 13.7. The van der Waals surface area contributed by atoms with Crippen LogP contribution in [0.1, 0.15) is 0 Å². The summed E-state index contributed by atoms with van der Waals surface area (Å²) >= 11 is 0. The van der Waals surface area contributed by atoms with Crippen molar-refractivity contribution in [3.63, 3.8) is 0 Å². The van der Waals surface area contributed by atoms with Gasteiger partial charge in [0.1, 0.15) is 0 Å². The lowest BCUT2D eigenvalue weighted by Crippen LogP contribution is -3.02. The van der Waals surface area contributed by atoms with Crippen molar-refractivity contribution in [1.29, 1.82) is 0 Å². The number of quaternary nitrogens is 1. The molecule has 1 N–H and O–H groups in total. The minimum atomic E-state index is 0.185. The lowest BCUT2D eigenvalue weighted by Gasteiger charge is -1.88. The van der Waals surface area contributed by atoms with E-state index in [9.17, 15) is 4.79 Å². The molecule has 0 aliphatic heterocycles. The van der Waals surface area contributed by atoms with Crippen molar-refractivity contribution in [3.05, 3.63) is 51.4 Å². The summed E-state index contributed by atoms with van der Waals surface area (Å²) in [6.45, 7) is 0. The van der Waals surface area contributed by atoms with Crippen molar-refractivity contribution >= 4 is 5.78 Å². The first-order valence-electron chi connectivity index (χ1n) is 4.43. The zero-order valence-corrected chi connectivity index (χ0v) is 9.06. The number of nitrogens with zero attached hydrogens (tertiary/aromatic N) is 3. The van der Waals surface area contributed by atoms with Gasteiger partial charge in [-0.25, -0.2) is 0 Å². The van der Waals surface area contributed by atoms with Gasteiger partial charge in [-0.15, -0.1) is 0 Å². The van der Waals surface area contributed by atoms with Crippen LogP contribution in [-0.4, -0.2) is 26.9 Å². The van der Waals surface area contributed by atoms with Gasteiger partial charge in [0.15, 0.2) is 5.78 Å². The second-order valence-corrected chi connectivity index (χ2v) is 3.50. The topological polar surface area (TPSA) is 80.2 Å². The summed E-state index contributed by atoms with van der Waals surface area (Å²) in [6, 6.07) is 0. The molecule has 5 heteroatoms. The Morgan fingerprint density at radius 2 is 1.33 bits per heavy atom. The van der Waals surface area contributed by atoms with E-state index in [4.69, 9.17) is 11.1 Å². The summed E-state index contributed by atoms with van der Waals surface area (Å²) in [6.07, 6.45) is 7.38. The fraction of sp³-hybridized carbons (Fsp3) is 0.300. The summed E-state index contributed by atoms with van der Waals surface area (Å²) in [7, 11) is 6.25. The van der Waals surface area contributed by atoms with Gasteiger partial charge >= 0.3 is 0 Å². The molecule has 2 aliphatic carbocycles. The second-order valence-electron chi connectivity index (χ2n) is 3.50. The second kappa shape index (κ2) is 6.59. The van der Waals surface area contributed by atoms with Gasteiger partial charge in [-0.05, 0) is 0 Å². The lowest BCUT2D eigenvalue weighted by molar-refractivity contribution is -0.836. The van der Waals surface area contributed by atoms with Gasteiger partial charge in [0.05, 0.1) is 21.1 Å². The quantitative estimate of drug-likeness (QED) is 0.352. The van der Waals surface area contributed by atoms with E-state index in [0.29, 0.717) is 0 Å². The van der Waals surface area contributed by atoms with Crippen molar-refractivity contribution in [2.45, 2.75) is 0 Å². The molecule has 0 saturated carbocycles. The number of carbonyl (C=O) groups is 1. The average Bonchev–Trinajstić information content (AvgIpc) is 2.65. The van der Waals surface area contributed by atoms with Crippen LogP contribution < -0.4 is 4.90 Å². The highest BCUT2D eigenvalue weighted by Gasteiger charge is 2.19. The number of allylic oxidation sites excluding steroid dienone is 6. The molecule has 0 saturated heterocycles. The van der Waals surface area contributed by atoms with E-state index in [0.717, 1.165) is 11.1 Å². The Labute approximate surface area is 88.8 Å². The number of ketones is 1. The molecular formula is C10H14N4O. The third kappa shape index (κ3) is 4.81. The predicted octanol–water partition coefficient (Wildman–Crippen LogP) is 0.619. The molecular weight excluding hydrogens is 192 g/mol. The number of hydrogen-bond acceptors (Lipinski definition) is 1. The van der Waals surface area contributed by atoms with Gasteiger partial charge in [-0.2, -0.15) is 0 Å². The fourth-order valence-electron chi connectivity index (χ4n) is 0.940. The average molecular weight is 206 g/mol. The fourth-order valence-corrected chi connectivity index (χ4v) is 0.940. The third-order valence-electron chi connectivity index (χ3n) is 1.41. The Balaban J connectivity index is 0.000000242. The molecule has 0 fully saturated rings. The number of hydrogen-bond donors (Lipinski definition) is 1. The van der Waals surface area contributed by atoms with Crippen LogP contribution >= 0.6 is 0 Å². The number of Topliss-reactive ketones (excluding diaryl/α,β-unsaturated/α-hetero) is 1. The third-order valence-corrected chi connectivity index (χ3v) is 1.41. The summed E-state index contributed by atoms with van der Waals surface area (Å²) < 4.78 is 0. The summed E-state index contributed by atoms with van der Waals surface area (Å²) in [5, 5.41) is 0. The van der Waals surface area contributed by atoms with E-state index in [1.807, 2.05) is 24.3 Å². The van der Waals surface area contributed by atoms with E-state index in [2.05, 4.69) is 21.1 Å². The zero-order chi connectivity index (χ0) is 11.8. The molecule has 0 heterocycles. The van der Waals surface area contributed by atoms with E-state index in [1.54, 1.807) is 0 Å². The summed E-state index contributed by atoms with van der Waals surface area (Å²) in [5.41, 5.74) is 15.2. The van der Waals surface area contributed by atoms with E-state index >= 15 is 0 Å². The molecule has 0 unspecified atom stereocenters. The SMILES string of the molecule is C[NH+](C)C.O=C1C2=CC=C1C=C2.[N-]=[N+]=[N-]. The number of nitrogens with one attached hydrogen (secondary N) is 1. The zero-order valence-electron chi connectivity index (χ0n) is 9.06. The van der Waals surface area contributed by atoms with E-state index in [-0.39, 0.29) is 5.78 Å². The van der Waals surface area contributed by atoms with Gasteiger partial charge in [-0.1, -0.05) is 24.3 Å². The Hall–Kier alpha value is -1.84. The highest BCUT2D eigenvalue weighted by molar-refractivity contribution is 6.17. The molecule has 0 aromatic carbocycles. The molecule has 2 bridgehead atoms. The number of fused-ring (bicyclic) bond motifs is 2. The Morgan fingerprint density at radius 1 is 1.07 bits per heavy atom. The maximum atomic E-state index is 10.8. The van der Waals surface area contributed by atoms with Crippen LogP contribution in [0.4, 0.5) is 0 Å². The molecule has 0 atom stereocenters. The first kappa shape index (κ1) is 13.2. The molecule has 0 spiro atoms. The molecule has 15 heavy (non-hydrogen) atoms. The van der Waals surface area contributed by atoms with Crippen molar-refractivity contribution in [3.8, 4) is 0 Å². The van der Waals surface area contributed by atoms with E-state index in [1.165, 1.54) is 9.81 Å². The maximum absolute atomic E-state index is 10.8. The molecule has 0 aromatic rings. The standard InChI is InChI=1S/C7H4O.C3H9N.N3/c8-7-5-1-2-6(7)4-3-5;1-4(2)3;1-3-2/h1-4H;1-3H3;/q;;-1/p+1. The molecule has 5 nitrogen and oxygen atoms in total. The van der Waals surface area contributed by atoms with Crippen LogP contribution in [0.25, 0.3) is 16.0 Å². The van der Waals surface area contributed by atoms with Crippen molar-refractivity contribution in [1.82, 2.24) is 0 Å². The molecule has 2 aliphatic rings. The Bertz CT molecular complexity index is 331. The number of rotatable bonds is 0. The van der Waals surface area contributed by atoms with Crippen molar-refractivity contribution in [2.24, 2.45) is 0 Å². The highest BCUT2D eigenvalue weighted by atomic mass is 16.1. The maximum Gasteiger partial charge on any atom is 0.193 e. The molecule has 0 radical (unpaired) electrons. The van der Waals surface area contributed by atoms with Gasteiger partial charge in [0.2, 0.25) is 0 Å². The molecule has 80 valence electrons. The normalized spacial score (nSPS) is 14.5. The van der Waals surface area contributed by atoms with Crippen molar-refractivity contribution < 1.29 is 9.69 Å². The number of carbonyl (C=O) groups excluding carboxylic acids is 1. The van der Waals surface area contributed by atoms with Gasteiger partial charge in [-0.3, -0.25) is 9.71 Å². The molecule has 2 rings (SSSR count). The predicted molar refractivity (Wildman–Crippen MR) is 59.1 cm³/mol. The molecule has 0 amide bonds. The van der Waals surface area contributed by atoms with Gasteiger partial charge < -0.3 is 16.0 Å². The van der Waals surface area contributed by atoms with Crippen LogP contribution in [0.2, 0.25) is 0 Å². The van der Waals surface area contributed by atoms with Crippen LogP contribution in [0.5, 0.6) is 0 Å².